The molecule has 3 heterocycles. The Morgan fingerprint density at radius 3 is 2.70 bits per heavy atom. The molecule has 5 aromatic rings. The van der Waals surface area contributed by atoms with E-state index in [1.807, 2.05) is 43.2 Å². The van der Waals surface area contributed by atoms with E-state index in [1.165, 1.54) is 16.7 Å². The molecule has 3 aromatic heterocycles. The minimum atomic E-state index is 0.476. The molecule has 0 radical (unpaired) electrons. The van der Waals surface area contributed by atoms with E-state index in [0.717, 1.165) is 40.2 Å². The van der Waals surface area contributed by atoms with Crippen LogP contribution >= 0.6 is 11.8 Å². The molecule has 2 N–H and O–H groups in total. The Morgan fingerprint density at radius 1 is 1.07 bits per heavy atom. The van der Waals surface area contributed by atoms with E-state index in [0.29, 0.717) is 5.82 Å². The smallest absolute Gasteiger partial charge is 0.169 e. The molecule has 0 saturated carbocycles. The number of thioether (sulfide) groups is 1. The molecular formula is C23H22N6S. The van der Waals surface area contributed by atoms with Crippen LogP contribution in [0.5, 0.6) is 0 Å². The van der Waals surface area contributed by atoms with Crippen LogP contribution in [0, 0.1) is 6.92 Å². The lowest BCUT2D eigenvalue weighted by atomic mass is 10.0. The van der Waals surface area contributed by atoms with E-state index in [-0.39, 0.29) is 0 Å². The summed E-state index contributed by atoms with van der Waals surface area (Å²) >= 11 is 1.63. The maximum atomic E-state index is 6.26. The van der Waals surface area contributed by atoms with Crippen molar-refractivity contribution < 1.29 is 0 Å². The Bertz CT molecular complexity index is 1350. The average molecular weight is 415 g/mol. The summed E-state index contributed by atoms with van der Waals surface area (Å²) < 4.78 is 4.34. The van der Waals surface area contributed by atoms with Crippen molar-refractivity contribution in [1.82, 2.24) is 24.1 Å². The highest BCUT2D eigenvalue weighted by Crippen LogP contribution is 2.32. The number of aromatic nitrogens is 5. The van der Waals surface area contributed by atoms with Crippen molar-refractivity contribution in [3.63, 3.8) is 0 Å². The third-order valence-electron chi connectivity index (χ3n) is 5.42. The number of benzene rings is 2. The fraction of sp³-hybridized carbons (Fsp3) is 0.174. The minimum absolute atomic E-state index is 0.476. The maximum absolute atomic E-state index is 6.26. The zero-order valence-electron chi connectivity index (χ0n) is 16.9. The standard InChI is InChI=1S/C23H22N6S/c1-15-11-16(7-8-17(15)13-28-10-9-25-14-28)12-29-21-18-5-3-4-6-19(18)26-22(24)20(21)27-23(29)30-2/h3-11,14H,12-13H2,1-2H3,(H2,24,26). The van der Waals surface area contributed by atoms with Gasteiger partial charge in [-0.2, -0.15) is 0 Å². The summed E-state index contributed by atoms with van der Waals surface area (Å²) in [4.78, 5) is 13.5. The van der Waals surface area contributed by atoms with E-state index < -0.39 is 0 Å². The first-order chi connectivity index (χ1) is 14.6. The quantitative estimate of drug-likeness (QED) is 0.429. The number of nitrogens with zero attached hydrogens (tertiary/aromatic N) is 5. The van der Waals surface area contributed by atoms with Crippen LogP contribution in [0.1, 0.15) is 16.7 Å². The van der Waals surface area contributed by atoms with Gasteiger partial charge in [-0.3, -0.25) is 0 Å². The second kappa shape index (κ2) is 7.50. The number of fused-ring (bicyclic) bond motifs is 3. The first-order valence-electron chi connectivity index (χ1n) is 9.76. The van der Waals surface area contributed by atoms with Gasteiger partial charge in [0.1, 0.15) is 5.52 Å². The molecule has 0 saturated heterocycles. The summed E-state index contributed by atoms with van der Waals surface area (Å²) in [6.45, 7) is 3.71. The van der Waals surface area contributed by atoms with Gasteiger partial charge in [0.2, 0.25) is 0 Å². The molecule has 0 bridgehead atoms. The van der Waals surface area contributed by atoms with Crippen LogP contribution in [0.25, 0.3) is 21.9 Å². The molecule has 7 heteroatoms. The van der Waals surface area contributed by atoms with Crippen LogP contribution < -0.4 is 5.73 Å². The van der Waals surface area contributed by atoms with Crippen molar-refractivity contribution in [1.29, 1.82) is 0 Å². The Labute approximate surface area is 178 Å². The van der Waals surface area contributed by atoms with Crippen LogP contribution in [-0.4, -0.2) is 30.3 Å². The molecule has 0 unspecified atom stereocenters. The summed E-state index contributed by atoms with van der Waals surface area (Å²) in [7, 11) is 0. The lowest BCUT2D eigenvalue weighted by Crippen LogP contribution is -2.04. The highest BCUT2D eigenvalue weighted by Gasteiger charge is 2.17. The Morgan fingerprint density at radius 2 is 1.93 bits per heavy atom. The van der Waals surface area contributed by atoms with Gasteiger partial charge in [0, 0.05) is 24.3 Å². The number of nitrogens with two attached hydrogens (primary N) is 1. The van der Waals surface area contributed by atoms with Gasteiger partial charge < -0.3 is 14.9 Å². The number of pyridine rings is 1. The van der Waals surface area contributed by atoms with Gasteiger partial charge >= 0.3 is 0 Å². The van der Waals surface area contributed by atoms with Crippen LogP contribution in [0.2, 0.25) is 0 Å². The monoisotopic (exact) mass is 414 g/mol. The summed E-state index contributed by atoms with van der Waals surface area (Å²) in [5.74, 6) is 0.476. The first-order valence-corrected chi connectivity index (χ1v) is 11.0. The SMILES string of the molecule is CSc1nc2c(N)nc3ccccc3c2n1Cc1ccc(Cn2ccnc2)c(C)c1. The van der Waals surface area contributed by atoms with Crippen LogP contribution in [0.15, 0.2) is 66.3 Å². The Balaban J connectivity index is 1.59. The van der Waals surface area contributed by atoms with Gasteiger partial charge in [-0.05, 0) is 35.9 Å². The number of imidazole rings is 2. The predicted octanol–water partition coefficient (Wildman–Crippen LogP) is 4.49. The zero-order valence-corrected chi connectivity index (χ0v) is 17.7. The highest BCUT2D eigenvalue weighted by atomic mass is 32.2. The van der Waals surface area contributed by atoms with Gasteiger partial charge in [-0.25, -0.2) is 15.0 Å². The van der Waals surface area contributed by atoms with Crippen molar-refractivity contribution in [2.45, 2.75) is 25.2 Å². The normalized spacial score (nSPS) is 11.5. The van der Waals surface area contributed by atoms with E-state index in [2.05, 4.69) is 50.3 Å². The van der Waals surface area contributed by atoms with Crippen molar-refractivity contribution in [2.75, 3.05) is 12.0 Å². The van der Waals surface area contributed by atoms with Gasteiger partial charge in [0.15, 0.2) is 11.0 Å². The number of anilines is 1. The molecule has 0 aliphatic carbocycles. The largest absolute Gasteiger partial charge is 0.382 e. The molecule has 0 spiro atoms. The molecule has 2 aromatic carbocycles. The number of para-hydroxylation sites is 1. The van der Waals surface area contributed by atoms with E-state index in [1.54, 1.807) is 11.8 Å². The summed E-state index contributed by atoms with van der Waals surface area (Å²) in [6, 6.07) is 14.8. The average Bonchev–Trinajstić information content (AvgIpc) is 3.38. The van der Waals surface area contributed by atoms with Crippen molar-refractivity contribution in [3.8, 4) is 0 Å². The number of aryl methyl sites for hydroxylation is 1. The fourth-order valence-electron chi connectivity index (χ4n) is 3.93. The van der Waals surface area contributed by atoms with Gasteiger partial charge in [0.05, 0.1) is 23.9 Å². The van der Waals surface area contributed by atoms with Crippen molar-refractivity contribution in [2.24, 2.45) is 0 Å². The second-order valence-electron chi connectivity index (χ2n) is 7.39. The predicted molar refractivity (Wildman–Crippen MR) is 123 cm³/mol. The molecule has 5 rings (SSSR count). The summed E-state index contributed by atoms with van der Waals surface area (Å²) in [6.07, 6.45) is 7.68. The number of hydrogen-bond acceptors (Lipinski definition) is 5. The topological polar surface area (TPSA) is 74.5 Å². The fourth-order valence-corrected chi connectivity index (χ4v) is 4.49. The molecule has 150 valence electrons. The van der Waals surface area contributed by atoms with Crippen LogP contribution in [0.4, 0.5) is 5.82 Å². The zero-order chi connectivity index (χ0) is 20.7. The van der Waals surface area contributed by atoms with E-state index in [9.17, 15) is 0 Å². The minimum Gasteiger partial charge on any atom is -0.382 e. The van der Waals surface area contributed by atoms with Gasteiger partial charge in [-0.15, -0.1) is 0 Å². The molecule has 30 heavy (non-hydrogen) atoms. The van der Waals surface area contributed by atoms with Crippen molar-refractivity contribution >= 4 is 39.5 Å². The maximum Gasteiger partial charge on any atom is 0.169 e. The molecule has 6 nitrogen and oxygen atoms in total. The Hall–Kier alpha value is -3.32. The summed E-state index contributed by atoms with van der Waals surface area (Å²) in [5.41, 5.74) is 12.7. The Kier molecular flexibility index (Phi) is 4.67. The third-order valence-corrected chi connectivity index (χ3v) is 6.09. The highest BCUT2D eigenvalue weighted by molar-refractivity contribution is 7.98. The molecule has 0 atom stereocenters. The molecule has 0 amide bonds. The molecule has 0 aliphatic rings. The summed E-state index contributed by atoms with van der Waals surface area (Å²) in [5, 5.41) is 2.01. The number of hydrogen-bond donors (Lipinski definition) is 1. The third kappa shape index (κ3) is 3.21. The lowest BCUT2D eigenvalue weighted by molar-refractivity contribution is 0.731. The van der Waals surface area contributed by atoms with Gasteiger partial charge in [-0.1, -0.05) is 48.2 Å². The number of rotatable bonds is 5. The van der Waals surface area contributed by atoms with E-state index >= 15 is 0 Å². The first kappa shape index (κ1) is 18.7. The van der Waals surface area contributed by atoms with Crippen LogP contribution in [-0.2, 0) is 13.1 Å². The molecule has 0 fully saturated rings. The van der Waals surface area contributed by atoms with Crippen molar-refractivity contribution in [3.05, 3.63) is 77.9 Å². The molecular weight excluding hydrogens is 392 g/mol. The second-order valence-corrected chi connectivity index (χ2v) is 8.17. The molecule has 0 aliphatic heterocycles. The van der Waals surface area contributed by atoms with Crippen LogP contribution in [0.3, 0.4) is 0 Å². The lowest BCUT2D eigenvalue weighted by Gasteiger charge is -2.13. The van der Waals surface area contributed by atoms with E-state index in [4.69, 9.17) is 10.7 Å². The number of nitrogen functional groups attached to an aromatic ring is 1. The van der Waals surface area contributed by atoms with Gasteiger partial charge in [0.25, 0.3) is 0 Å².